The second-order valence-electron chi connectivity index (χ2n) is 1.08. The minimum absolute atomic E-state index is 0.513. The number of H-pyrrole nitrogens is 1. The Bertz CT molecular complexity index is 140. The van der Waals surface area contributed by atoms with Crippen molar-refractivity contribution in [2.45, 2.75) is 0 Å². The highest BCUT2D eigenvalue weighted by molar-refractivity contribution is 6.29. The highest BCUT2D eigenvalue weighted by atomic mass is 35.5. The van der Waals surface area contributed by atoms with Gasteiger partial charge in [-0.1, -0.05) is 0 Å². The van der Waals surface area contributed by atoms with Gasteiger partial charge in [0.1, 0.15) is 0 Å². The number of halogens is 1. The second-order valence-corrected chi connectivity index (χ2v) is 1.47. The molecule has 1 aromatic rings. The summed E-state index contributed by atoms with van der Waals surface area (Å²) in [5.74, 6) is 0. The van der Waals surface area contributed by atoms with Crippen molar-refractivity contribution in [3.8, 4) is 0 Å². The van der Waals surface area contributed by atoms with Crippen LogP contribution in [0.5, 0.6) is 0 Å². The molecule has 0 aromatic carbocycles. The molecule has 2 nitrogen and oxygen atoms in total. The number of hydrogen-bond acceptors (Lipinski definition) is 1. The fraction of sp³-hybridized carbons (Fsp3) is 0. The molecule has 0 amide bonds. The number of hydrogen-bond donors (Lipinski definition) is 0. The van der Waals surface area contributed by atoms with E-state index >= 15 is 0 Å². The third-order valence-electron chi connectivity index (χ3n) is 0.580. The third kappa shape index (κ3) is 1.12. The van der Waals surface area contributed by atoms with Crippen molar-refractivity contribution in [1.29, 1.82) is 0 Å². The molecule has 0 atom stereocenters. The van der Waals surface area contributed by atoms with Gasteiger partial charge in [-0.2, -0.15) is 0 Å². The van der Waals surface area contributed by atoms with E-state index in [9.17, 15) is 0 Å². The molecule has 3 heteroatoms. The SMILES string of the molecule is Clc1cc[nH+]cn1. The van der Waals surface area contributed by atoms with E-state index in [1.54, 1.807) is 12.3 Å². The van der Waals surface area contributed by atoms with Crippen molar-refractivity contribution in [2.75, 3.05) is 0 Å². The van der Waals surface area contributed by atoms with Gasteiger partial charge in [0.15, 0.2) is 0 Å². The van der Waals surface area contributed by atoms with E-state index in [0.29, 0.717) is 5.15 Å². The van der Waals surface area contributed by atoms with Gasteiger partial charge in [0, 0.05) is 6.07 Å². The first-order valence-corrected chi connectivity index (χ1v) is 2.25. The predicted molar refractivity (Wildman–Crippen MR) is 25.8 cm³/mol. The van der Waals surface area contributed by atoms with Crippen LogP contribution in [0.1, 0.15) is 0 Å². The Morgan fingerprint density at radius 1 is 1.71 bits per heavy atom. The molecular formula is C4H4ClN2+. The number of rotatable bonds is 0. The van der Waals surface area contributed by atoms with Gasteiger partial charge in [0.25, 0.3) is 6.33 Å². The van der Waals surface area contributed by atoms with Gasteiger partial charge in [-0.05, 0) is 16.6 Å². The lowest BCUT2D eigenvalue weighted by Gasteiger charge is -1.69. The average molecular weight is 116 g/mol. The van der Waals surface area contributed by atoms with Crippen LogP contribution in [0.4, 0.5) is 0 Å². The minimum atomic E-state index is 0.513. The molecule has 0 unspecified atom stereocenters. The number of aromatic nitrogens is 2. The fourth-order valence-corrected chi connectivity index (χ4v) is 0.414. The van der Waals surface area contributed by atoms with Gasteiger partial charge in [0.05, 0.1) is 6.20 Å². The first kappa shape index (κ1) is 4.53. The molecule has 1 N–H and O–H groups in total. The Kier molecular flexibility index (Phi) is 1.22. The van der Waals surface area contributed by atoms with Gasteiger partial charge < -0.3 is 0 Å². The molecule has 1 aromatic heterocycles. The summed E-state index contributed by atoms with van der Waals surface area (Å²) >= 11 is 5.41. The van der Waals surface area contributed by atoms with E-state index in [1.807, 2.05) is 0 Å². The Balaban J connectivity index is 3.02. The van der Waals surface area contributed by atoms with Gasteiger partial charge in [-0.3, -0.25) is 4.98 Å². The van der Waals surface area contributed by atoms with E-state index in [-0.39, 0.29) is 0 Å². The molecule has 1 rings (SSSR count). The van der Waals surface area contributed by atoms with Crippen molar-refractivity contribution >= 4 is 11.6 Å². The Morgan fingerprint density at radius 3 is 2.86 bits per heavy atom. The monoisotopic (exact) mass is 115 g/mol. The maximum absolute atomic E-state index is 5.41. The van der Waals surface area contributed by atoms with E-state index in [4.69, 9.17) is 11.6 Å². The van der Waals surface area contributed by atoms with E-state index in [2.05, 4.69) is 9.97 Å². The summed E-state index contributed by atoms with van der Waals surface area (Å²) in [5.41, 5.74) is 0. The molecule has 36 valence electrons. The largest absolute Gasteiger partial charge is 0.285 e. The van der Waals surface area contributed by atoms with Crippen LogP contribution >= 0.6 is 11.6 Å². The standard InChI is InChI=1S/C4H3ClN2/c5-4-1-2-6-3-7-4/h1-3H/p+1. The maximum atomic E-state index is 5.41. The smallest absolute Gasteiger partial charge is 0.250 e. The van der Waals surface area contributed by atoms with Gasteiger partial charge in [-0.25, -0.2) is 0 Å². The minimum Gasteiger partial charge on any atom is -0.250 e. The summed E-state index contributed by atoms with van der Waals surface area (Å²) < 4.78 is 0. The van der Waals surface area contributed by atoms with Gasteiger partial charge in [-0.15, -0.1) is 0 Å². The van der Waals surface area contributed by atoms with Gasteiger partial charge in [0.2, 0.25) is 5.15 Å². The Labute approximate surface area is 46.2 Å². The lowest BCUT2D eigenvalue weighted by atomic mass is 10.7. The first-order chi connectivity index (χ1) is 3.39. The lowest BCUT2D eigenvalue weighted by Crippen LogP contribution is -1.98. The molecule has 0 fully saturated rings. The quantitative estimate of drug-likeness (QED) is 0.454. The van der Waals surface area contributed by atoms with E-state index in [0.717, 1.165) is 0 Å². The predicted octanol–water partition coefficient (Wildman–Crippen LogP) is 0.549. The topological polar surface area (TPSA) is 27.0 Å². The van der Waals surface area contributed by atoms with Crippen LogP contribution in [-0.2, 0) is 0 Å². The molecule has 0 bridgehead atoms. The second kappa shape index (κ2) is 1.89. The molecular weight excluding hydrogens is 112 g/mol. The first-order valence-electron chi connectivity index (χ1n) is 1.87. The summed E-state index contributed by atoms with van der Waals surface area (Å²) in [4.78, 5) is 6.43. The van der Waals surface area contributed by atoms with Crippen LogP contribution in [0.25, 0.3) is 0 Å². The van der Waals surface area contributed by atoms with Crippen LogP contribution in [-0.4, -0.2) is 4.98 Å². The molecule has 0 saturated carbocycles. The summed E-state index contributed by atoms with van der Waals surface area (Å²) in [7, 11) is 0. The van der Waals surface area contributed by atoms with Crippen molar-refractivity contribution in [1.82, 2.24) is 4.98 Å². The molecule has 0 aliphatic rings. The molecule has 0 saturated heterocycles. The molecule has 0 spiro atoms. The number of nitrogens with one attached hydrogen (secondary N) is 1. The number of nitrogens with zero attached hydrogens (tertiary/aromatic N) is 1. The normalized spacial score (nSPS) is 8.71. The summed E-state index contributed by atoms with van der Waals surface area (Å²) in [6.07, 6.45) is 3.25. The van der Waals surface area contributed by atoms with Crippen LogP contribution in [0, 0.1) is 0 Å². The fourth-order valence-electron chi connectivity index (χ4n) is 0.302. The van der Waals surface area contributed by atoms with Crippen LogP contribution < -0.4 is 4.98 Å². The van der Waals surface area contributed by atoms with Crippen LogP contribution in [0.2, 0.25) is 5.15 Å². The molecule has 0 aliphatic carbocycles. The van der Waals surface area contributed by atoms with Crippen molar-refractivity contribution in [2.24, 2.45) is 0 Å². The Hall–Kier alpha value is -0.630. The summed E-state index contributed by atoms with van der Waals surface area (Å²) in [5, 5.41) is 0.513. The molecule has 7 heavy (non-hydrogen) atoms. The zero-order valence-electron chi connectivity index (χ0n) is 3.56. The van der Waals surface area contributed by atoms with Crippen molar-refractivity contribution in [3.05, 3.63) is 23.7 Å². The lowest BCUT2D eigenvalue weighted by molar-refractivity contribution is -0.382. The number of aromatic amines is 1. The molecule has 1 heterocycles. The summed E-state index contributed by atoms with van der Waals surface area (Å²) in [6, 6.07) is 1.68. The van der Waals surface area contributed by atoms with Crippen molar-refractivity contribution < 1.29 is 4.98 Å². The van der Waals surface area contributed by atoms with E-state index < -0.39 is 0 Å². The highest BCUT2D eigenvalue weighted by Crippen LogP contribution is 1.94. The van der Waals surface area contributed by atoms with Gasteiger partial charge >= 0.3 is 0 Å². The third-order valence-corrected chi connectivity index (χ3v) is 0.803. The zero-order chi connectivity index (χ0) is 5.11. The summed E-state index contributed by atoms with van der Waals surface area (Å²) in [6.45, 7) is 0. The van der Waals surface area contributed by atoms with Crippen LogP contribution in [0.3, 0.4) is 0 Å². The highest BCUT2D eigenvalue weighted by Gasteiger charge is 1.87. The van der Waals surface area contributed by atoms with Crippen LogP contribution in [0.15, 0.2) is 18.6 Å². The Morgan fingerprint density at radius 2 is 2.57 bits per heavy atom. The molecule has 0 aliphatic heterocycles. The average Bonchev–Trinajstić information content (AvgIpc) is 1.69. The van der Waals surface area contributed by atoms with E-state index in [1.165, 1.54) is 6.33 Å². The van der Waals surface area contributed by atoms with Crippen molar-refractivity contribution in [3.63, 3.8) is 0 Å². The molecule has 0 radical (unpaired) electrons. The maximum Gasteiger partial charge on any atom is 0.285 e. The zero-order valence-corrected chi connectivity index (χ0v) is 4.31.